The van der Waals surface area contributed by atoms with E-state index >= 15 is 0 Å². The fourth-order valence-corrected chi connectivity index (χ4v) is 2.62. The highest BCUT2D eigenvalue weighted by molar-refractivity contribution is 6.46. The Balaban J connectivity index is 1.88. The summed E-state index contributed by atoms with van der Waals surface area (Å²) in [4.78, 5) is 29.1. The minimum atomic E-state index is -0.675. The molecule has 0 bridgehead atoms. The van der Waals surface area contributed by atoms with E-state index in [2.05, 4.69) is 17.2 Å². The van der Waals surface area contributed by atoms with E-state index in [0.717, 1.165) is 29.6 Å². The standard InChI is InChI=1S/C19H19N3O2/c1-3-12-22-16-7-5-4-6-15(16)20-19(22)21-18(24)17(23)14-10-8-13(2)9-11-14/h4-11H,3,12H2,1-2H3,(H,20,21,24). The largest absolute Gasteiger partial charge is 0.310 e. The van der Waals surface area contributed by atoms with Gasteiger partial charge in [-0.25, -0.2) is 4.98 Å². The summed E-state index contributed by atoms with van der Waals surface area (Å²) in [6, 6.07) is 14.6. The summed E-state index contributed by atoms with van der Waals surface area (Å²) in [7, 11) is 0. The van der Waals surface area contributed by atoms with E-state index in [-0.39, 0.29) is 0 Å². The molecule has 24 heavy (non-hydrogen) atoms. The number of hydrogen-bond acceptors (Lipinski definition) is 3. The topological polar surface area (TPSA) is 64.0 Å². The average Bonchev–Trinajstić information content (AvgIpc) is 2.93. The third-order valence-electron chi connectivity index (χ3n) is 3.85. The highest BCUT2D eigenvalue weighted by Gasteiger charge is 2.19. The Morgan fingerprint density at radius 1 is 1.08 bits per heavy atom. The molecule has 5 nitrogen and oxygen atoms in total. The predicted molar refractivity (Wildman–Crippen MR) is 94.2 cm³/mol. The summed E-state index contributed by atoms with van der Waals surface area (Å²) in [5, 5.41) is 2.66. The van der Waals surface area contributed by atoms with E-state index < -0.39 is 11.7 Å². The van der Waals surface area contributed by atoms with Crippen LogP contribution in [0.25, 0.3) is 11.0 Å². The van der Waals surface area contributed by atoms with Gasteiger partial charge < -0.3 is 4.57 Å². The second kappa shape index (κ2) is 6.66. The van der Waals surface area contributed by atoms with Crippen LogP contribution < -0.4 is 5.32 Å². The first-order valence-electron chi connectivity index (χ1n) is 7.97. The molecule has 0 aliphatic rings. The molecule has 0 unspecified atom stereocenters. The lowest BCUT2D eigenvalue weighted by Crippen LogP contribution is -2.24. The highest BCUT2D eigenvalue weighted by atomic mass is 16.2. The Morgan fingerprint density at radius 2 is 1.79 bits per heavy atom. The van der Waals surface area contributed by atoms with Crippen molar-refractivity contribution in [2.75, 3.05) is 5.32 Å². The van der Waals surface area contributed by atoms with Gasteiger partial charge in [0.25, 0.3) is 11.7 Å². The lowest BCUT2D eigenvalue weighted by Gasteiger charge is -2.08. The zero-order chi connectivity index (χ0) is 17.1. The average molecular weight is 321 g/mol. The number of fused-ring (bicyclic) bond motifs is 1. The van der Waals surface area contributed by atoms with Crippen LogP contribution in [0.1, 0.15) is 29.3 Å². The van der Waals surface area contributed by atoms with Crippen LogP contribution in [0.15, 0.2) is 48.5 Å². The molecule has 0 atom stereocenters. The number of nitrogens with zero attached hydrogens (tertiary/aromatic N) is 2. The van der Waals surface area contributed by atoms with E-state index in [1.165, 1.54) is 0 Å². The van der Waals surface area contributed by atoms with Gasteiger partial charge in [0.1, 0.15) is 0 Å². The maximum absolute atomic E-state index is 12.3. The van der Waals surface area contributed by atoms with Gasteiger partial charge in [0.15, 0.2) is 0 Å². The van der Waals surface area contributed by atoms with Crippen molar-refractivity contribution in [2.45, 2.75) is 26.8 Å². The number of carbonyl (C=O) groups excluding carboxylic acids is 2. The molecule has 0 saturated carbocycles. The molecule has 122 valence electrons. The highest BCUT2D eigenvalue weighted by Crippen LogP contribution is 2.20. The number of nitrogens with one attached hydrogen (secondary N) is 1. The van der Waals surface area contributed by atoms with E-state index in [1.54, 1.807) is 12.1 Å². The number of aryl methyl sites for hydroxylation is 2. The van der Waals surface area contributed by atoms with Crippen LogP contribution in [0.4, 0.5) is 5.95 Å². The van der Waals surface area contributed by atoms with Gasteiger partial charge in [0, 0.05) is 12.1 Å². The Hall–Kier alpha value is -2.95. The second-order valence-electron chi connectivity index (χ2n) is 5.73. The summed E-state index contributed by atoms with van der Waals surface area (Å²) in [5.74, 6) is -0.833. The number of imidazole rings is 1. The minimum absolute atomic E-state index is 0.372. The maximum atomic E-state index is 12.3. The summed E-state index contributed by atoms with van der Waals surface area (Å²) < 4.78 is 1.93. The van der Waals surface area contributed by atoms with Gasteiger partial charge >= 0.3 is 0 Å². The first-order chi connectivity index (χ1) is 11.6. The van der Waals surface area contributed by atoms with E-state index in [4.69, 9.17) is 0 Å². The molecule has 1 aromatic heterocycles. The molecule has 0 saturated heterocycles. The number of carbonyl (C=O) groups is 2. The van der Waals surface area contributed by atoms with Crippen LogP contribution in [0.3, 0.4) is 0 Å². The predicted octanol–water partition coefficient (Wildman–Crippen LogP) is 3.58. The van der Waals surface area contributed by atoms with Crippen molar-refractivity contribution in [3.8, 4) is 0 Å². The van der Waals surface area contributed by atoms with Crippen LogP contribution >= 0.6 is 0 Å². The van der Waals surface area contributed by atoms with Gasteiger partial charge in [-0.3, -0.25) is 14.9 Å². The van der Waals surface area contributed by atoms with Crippen LogP contribution in [0.2, 0.25) is 0 Å². The number of anilines is 1. The first kappa shape index (κ1) is 15.9. The fourth-order valence-electron chi connectivity index (χ4n) is 2.62. The van der Waals surface area contributed by atoms with Gasteiger partial charge in [-0.2, -0.15) is 0 Å². The number of para-hydroxylation sites is 2. The van der Waals surface area contributed by atoms with Crippen LogP contribution in [-0.4, -0.2) is 21.2 Å². The molecule has 0 fully saturated rings. The molecule has 3 rings (SSSR count). The Kier molecular flexibility index (Phi) is 4.42. The van der Waals surface area contributed by atoms with Crippen molar-refractivity contribution >= 4 is 28.7 Å². The van der Waals surface area contributed by atoms with E-state index in [9.17, 15) is 9.59 Å². The zero-order valence-electron chi connectivity index (χ0n) is 13.7. The number of rotatable bonds is 5. The Morgan fingerprint density at radius 3 is 2.50 bits per heavy atom. The molecular formula is C19H19N3O2. The zero-order valence-corrected chi connectivity index (χ0v) is 13.7. The number of benzene rings is 2. The number of ketones is 1. The molecule has 3 aromatic rings. The normalized spacial score (nSPS) is 10.8. The Labute approximate surface area is 140 Å². The van der Waals surface area contributed by atoms with Gasteiger partial charge in [-0.1, -0.05) is 48.9 Å². The molecule has 0 spiro atoms. The van der Waals surface area contributed by atoms with E-state index in [1.807, 2.05) is 47.9 Å². The van der Waals surface area contributed by atoms with Crippen molar-refractivity contribution in [3.63, 3.8) is 0 Å². The lowest BCUT2D eigenvalue weighted by molar-refractivity contribution is -0.112. The summed E-state index contributed by atoms with van der Waals surface area (Å²) in [6.45, 7) is 4.70. The Bertz CT molecular complexity index is 895. The quantitative estimate of drug-likeness (QED) is 0.577. The third kappa shape index (κ3) is 3.06. The van der Waals surface area contributed by atoms with Crippen LogP contribution in [0, 0.1) is 6.92 Å². The van der Waals surface area contributed by atoms with Crippen LogP contribution in [0.5, 0.6) is 0 Å². The number of amides is 1. The summed E-state index contributed by atoms with van der Waals surface area (Å²) in [6.07, 6.45) is 0.898. The SMILES string of the molecule is CCCn1c(NC(=O)C(=O)c2ccc(C)cc2)nc2ccccc21. The fraction of sp³-hybridized carbons (Fsp3) is 0.211. The van der Waals surface area contributed by atoms with Crippen molar-refractivity contribution in [1.82, 2.24) is 9.55 Å². The van der Waals surface area contributed by atoms with Crippen molar-refractivity contribution < 1.29 is 9.59 Å². The monoisotopic (exact) mass is 321 g/mol. The smallest absolute Gasteiger partial charge is 0.299 e. The summed E-state index contributed by atoms with van der Waals surface area (Å²) in [5.41, 5.74) is 3.15. The molecule has 1 amide bonds. The van der Waals surface area contributed by atoms with Crippen molar-refractivity contribution in [2.24, 2.45) is 0 Å². The second-order valence-corrected chi connectivity index (χ2v) is 5.73. The minimum Gasteiger partial charge on any atom is -0.310 e. The lowest BCUT2D eigenvalue weighted by atomic mass is 10.1. The van der Waals surface area contributed by atoms with Crippen molar-refractivity contribution in [1.29, 1.82) is 0 Å². The number of aromatic nitrogens is 2. The first-order valence-corrected chi connectivity index (χ1v) is 7.97. The molecule has 1 N–H and O–H groups in total. The molecule has 0 radical (unpaired) electrons. The third-order valence-corrected chi connectivity index (χ3v) is 3.85. The van der Waals surface area contributed by atoms with Gasteiger partial charge in [-0.05, 0) is 25.5 Å². The molecule has 5 heteroatoms. The number of Topliss-reactive ketones (excluding diaryl/α,β-unsaturated/α-hetero) is 1. The molecule has 2 aromatic carbocycles. The molecule has 1 heterocycles. The molecule has 0 aliphatic heterocycles. The van der Waals surface area contributed by atoms with Gasteiger partial charge in [0.2, 0.25) is 5.95 Å². The van der Waals surface area contributed by atoms with Gasteiger partial charge in [0.05, 0.1) is 11.0 Å². The summed E-state index contributed by atoms with van der Waals surface area (Å²) >= 11 is 0. The van der Waals surface area contributed by atoms with Gasteiger partial charge in [-0.15, -0.1) is 0 Å². The van der Waals surface area contributed by atoms with Crippen molar-refractivity contribution in [3.05, 3.63) is 59.7 Å². The molecular weight excluding hydrogens is 302 g/mol. The number of hydrogen-bond donors (Lipinski definition) is 1. The maximum Gasteiger partial charge on any atom is 0.299 e. The molecule has 0 aliphatic carbocycles. The van der Waals surface area contributed by atoms with E-state index in [0.29, 0.717) is 11.5 Å². The van der Waals surface area contributed by atoms with Crippen LogP contribution in [-0.2, 0) is 11.3 Å².